The van der Waals surface area contributed by atoms with E-state index >= 15 is 0 Å². The van der Waals surface area contributed by atoms with E-state index in [-0.39, 0.29) is 24.2 Å². The van der Waals surface area contributed by atoms with Gasteiger partial charge in [0.2, 0.25) is 0 Å². The van der Waals surface area contributed by atoms with Gasteiger partial charge in [0.05, 0.1) is 30.7 Å². The van der Waals surface area contributed by atoms with Crippen LogP contribution in [0.3, 0.4) is 0 Å². The van der Waals surface area contributed by atoms with Gasteiger partial charge in [-0.05, 0) is 93.3 Å². The zero-order valence-electron chi connectivity index (χ0n) is 19.3. The third-order valence-electron chi connectivity index (χ3n) is 9.26. The smallest absolute Gasteiger partial charge is 0.111 e. The minimum absolute atomic E-state index is 0.0257. The Balaban J connectivity index is 1.32. The van der Waals surface area contributed by atoms with Crippen LogP contribution in [0.15, 0.2) is 12.3 Å². The van der Waals surface area contributed by atoms with Crippen molar-refractivity contribution < 1.29 is 19.7 Å². The zero-order valence-corrected chi connectivity index (χ0v) is 19.3. The third-order valence-corrected chi connectivity index (χ3v) is 9.26. The largest absolute Gasteiger partial charge is 0.513 e. The van der Waals surface area contributed by atoms with Crippen molar-refractivity contribution in [1.82, 2.24) is 0 Å². The van der Waals surface area contributed by atoms with Crippen molar-refractivity contribution in [1.29, 1.82) is 0 Å². The quantitative estimate of drug-likeness (QED) is 0.440. The van der Waals surface area contributed by atoms with Gasteiger partial charge in [-0.1, -0.05) is 26.8 Å². The fourth-order valence-corrected chi connectivity index (χ4v) is 7.20. The van der Waals surface area contributed by atoms with Crippen LogP contribution < -0.4 is 0 Å². The van der Waals surface area contributed by atoms with Crippen molar-refractivity contribution in [2.24, 2.45) is 41.4 Å². The SMILES string of the molecule is C=C(O)CC1CCC(C2OC2[C@@H](O)[C@H](C)[C@@H]2CC[C@@H](C)[C@@H]3CCC(C)OCC23)CC1. The van der Waals surface area contributed by atoms with Crippen LogP contribution in [0.4, 0.5) is 0 Å². The molecule has 0 amide bonds. The molecule has 2 N–H and O–H groups in total. The molecule has 4 unspecified atom stereocenters. The van der Waals surface area contributed by atoms with Crippen molar-refractivity contribution in [3.63, 3.8) is 0 Å². The molecule has 2 saturated carbocycles. The van der Waals surface area contributed by atoms with Crippen LogP contribution in [0.2, 0.25) is 0 Å². The van der Waals surface area contributed by atoms with E-state index < -0.39 is 0 Å². The number of allylic oxidation sites excluding steroid dienone is 1. The van der Waals surface area contributed by atoms with Gasteiger partial charge in [-0.2, -0.15) is 0 Å². The lowest BCUT2D eigenvalue weighted by atomic mass is 9.62. The van der Waals surface area contributed by atoms with Gasteiger partial charge in [0, 0.05) is 6.42 Å². The first-order valence-electron chi connectivity index (χ1n) is 12.7. The van der Waals surface area contributed by atoms with Crippen molar-refractivity contribution in [3.05, 3.63) is 12.3 Å². The van der Waals surface area contributed by atoms with E-state index in [1.807, 2.05) is 0 Å². The molecule has 2 aliphatic carbocycles. The van der Waals surface area contributed by atoms with Gasteiger partial charge in [0.25, 0.3) is 0 Å². The summed E-state index contributed by atoms with van der Waals surface area (Å²) in [4.78, 5) is 0. The minimum Gasteiger partial charge on any atom is -0.513 e. The Labute approximate surface area is 183 Å². The second kappa shape index (κ2) is 9.50. The molecule has 0 aromatic heterocycles. The molecule has 2 aliphatic heterocycles. The molecule has 4 fully saturated rings. The number of hydrogen-bond acceptors (Lipinski definition) is 4. The second-order valence-electron chi connectivity index (χ2n) is 11.2. The summed E-state index contributed by atoms with van der Waals surface area (Å²) in [5, 5.41) is 20.7. The molecule has 0 spiro atoms. The minimum atomic E-state index is -0.357. The van der Waals surface area contributed by atoms with Gasteiger partial charge >= 0.3 is 0 Å². The van der Waals surface area contributed by atoms with E-state index in [0.29, 0.717) is 35.5 Å². The number of fused-ring (bicyclic) bond motifs is 1. The molecule has 0 aromatic rings. The van der Waals surface area contributed by atoms with E-state index in [4.69, 9.17) is 9.47 Å². The molecule has 4 nitrogen and oxygen atoms in total. The number of epoxide rings is 1. The maximum atomic E-state index is 11.2. The molecule has 172 valence electrons. The maximum Gasteiger partial charge on any atom is 0.111 e. The lowest BCUT2D eigenvalue weighted by Crippen LogP contribution is -2.43. The van der Waals surface area contributed by atoms with Crippen LogP contribution in [-0.4, -0.2) is 41.2 Å². The predicted molar refractivity (Wildman–Crippen MR) is 119 cm³/mol. The zero-order chi connectivity index (χ0) is 21.4. The molecule has 4 rings (SSSR count). The molecule has 0 radical (unpaired) electrons. The van der Waals surface area contributed by atoms with E-state index in [1.165, 1.54) is 25.7 Å². The average Bonchev–Trinajstić information content (AvgIpc) is 3.52. The molecule has 0 aromatic carbocycles. The molecular formula is C26H44O4. The summed E-state index contributed by atoms with van der Waals surface area (Å²) in [5.74, 6) is 4.38. The molecule has 9 atom stereocenters. The number of hydrogen-bond donors (Lipinski definition) is 2. The Kier molecular flexibility index (Phi) is 7.16. The lowest BCUT2D eigenvalue weighted by Gasteiger charge is -2.44. The van der Waals surface area contributed by atoms with Crippen LogP contribution in [0.5, 0.6) is 0 Å². The first-order valence-corrected chi connectivity index (χ1v) is 12.7. The van der Waals surface area contributed by atoms with E-state index in [2.05, 4.69) is 27.4 Å². The molecular weight excluding hydrogens is 376 g/mol. The Hall–Kier alpha value is -0.580. The fourth-order valence-electron chi connectivity index (χ4n) is 7.20. The van der Waals surface area contributed by atoms with Crippen LogP contribution in [0, 0.1) is 41.4 Å². The average molecular weight is 421 g/mol. The molecule has 30 heavy (non-hydrogen) atoms. The summed E-state index contributed by atoms with van der Waals surface area (Å²) in [6, 6.07) is 0. The van der Waals surface area contributed by atoms with Gasteiger partial charge in [-0.15, -0.1) is 0 Å². The molecule has 4 heteroatoms. The van der Waals surface area contributed by atoms with Gasteiger partial charge in [-0.3, -0.25) is 0 Å². The monoisotopic (exact) mass is 420 g/mol. The number of ether oxygens (including phenoxy) is 2. The summed E-state index contributed by atoms with van der Waals surface area (Å²) < 4.78 is 12.3. The highest BCUT2D eigenvalue weighted by molar-refractivity contribution is 5.01. The van der Waals surface area contributed by atoms with Crippen LogP contribution >= 0.6 is 0 Å². The van der Waals surface area contributed by atoms with Crippen LogP contribution in [0.25, 0.3) is 0 Å². The predicted octanol–water partition coefficient (Wildman–Crippen LogP) is 5.50. The van der Waals surface area contributed by atoms with Crippen molar-refractivity contribution >= 4 is 0 Å². The first kappa shape index (κ1) is 22.6. The highest BCUT2D eigenvalue weighted by Gasteiger charge is 2.53. The highest BCUT2D eigenvalue weighted by Crippen LogP contribution is 2.49. The Morgan fingerprint density at radius 1 is 1.00 bits per heavy atom. The second-order valence-corrected chi connectivity index (χ2v) is 11.2. The number of aliphatic hydroxyl groups is 2. The number of aliphatic hydroxyl groups excluding tert-OH is 2. The number of rotatable bonds is 6. The summed E-state index contributed by atoms with van der Waals surface area (Å²) in [6.45, 7) is 11.4. The first-order chi connectivity index (χ1) is 14.3. The Morgan fingerprint density at radius 2 is 1.73 bits per heavy atom. The van der Waals surface area contributed by atoms with E-state index in [9.17, 15) is 10.2 Å². The van der Waals surface area contributed by atoms with E-state index in [0.717, 1.165) is 50.5 Å². The molecule has 2 heterocycles. The van der Waals surface area contributed by atoms with Gasteiger partial charge in [-0.25, -0.2) is 0 Å². The maximum absolute atomic E-state index is 11.2. The van der Waals surface area contributed by atoms with Crippen molar-refractivity contribution in [3.8, 4) is 0 Å². The molecule has 4 aliphatic rings. The van der Waals surface area contributed by atoms with Crippen molar-refractivity contribution in [2.45, 2.75) is 103 Å². The van der Waals surface area contributed by atoms with Crippen LogP contribution in [-0.2, 0) is 9.47 Å². The fraction of sp³-hybridized carbons (Fsp3) is 0.923. The third kappa shape index (κ3) is 4.91. The summed E-state index contributed by atoms with van der Waals surface area (Å²) in [7, 11) is 0. The normalized spacial score (nSPS) is 46.3. The lowest BCUT2D eigenvalue weighted by molar-refractivity contribution is -0.0390. The molecule has 2 saturated heterocycles. The standard InChI is InChI=1S/C26H44O4/c1-15-5-11-22(23-14-29-17(3)6-12-21(15)23)18(4)24(28)26-25(30-26)20-9-7-19(8-10-20)13-16(2)27/h15,17-28H,2,5-14H2,1,3-4H3/t15-,17?,18-,19?,20?,21+,22+,23?,24+,25?,26?/m1/s1. The molecule has 0 bridgehead atoms. The topological polar surface area (TPSA) is 62.2 Å². The van der Waals surface area contributed by atoms with Crippen molar-refractivity contribution in [2.75, 3.05) is 6.61 Å². The van der Waals surface area contributed by atoms with E-state index in [1.54, 1.807) is 0 Å². The highest BCUT2D eigenvalue weighted by atomic mass is 16.6. The summed E-state index contributed by atoms with van der Waals surface area (Å²) >= 11 is 0. The van der Waals surface area contributed by atoms with Crippen LogP contribution in [0.1, 0.15) is 78.6 Å². The van der Waals surface area contributed by atoms with Gasteiger partial charge in [0.15, 0.2) is 0 Å². The summed E-state index contributed by atoms with van der Waals surface area (Å²) in [5.41, 5.74) is 0. The Morgan fingerprint density at radius 3 is 2.43 bits per heavy atom. The summed E-state index contributed by atoms with van der Waals surface area (Å²) in [6.07, 6.45) is 10.6. The van der Waals surface area contributed by atoms with Gasteiger partial charge < -0.3 is 19.7 Å². The Bertz CT molecular complexity index is 584. The van der Waals surface area contributed by atoms with Gasteiger partial charge in [0.1, 0.15) is 6.10 Å².